The number of nitrogens with one attached hydrogen (secondary N) is 1. The van der Waals surface area contributed by atoms with Gasteiger partial charge in [0.2, 0.25) is 0 Å². The van der Waals surface area contributed by atoms with Gasteiger partial charge in [-0.05, 0) is 73.5 Å². The van der Waals surface area contributed by atoms with E-state index >= 15 is 0 Å². The molecule has 0 saturated carbocycles. The highest BCUT2D eigenvalue weighted by Gasteiger charge is 2.13. The number of rotatable bonds is 8. The third-order valence-corrected chi connectivity index (χ3v) is 5.61. The van der Waals surface area contributed by atoms with E-state index in [1.165, 1.54) is 17.3 Å². The summed E-state index contributed by atoms with van der Waals surface area (Å²) in [5, 5.41) is 4.51. The molecule has 3 aromatic rings. The van der Waals surface area contributed by atoms with Gasteiger partial charge in [0.1, 0.15) is 12.4 Å². The summed E-state index contributed by atoms with van der Waals surface area (Å²) >= 11 is 7.48. The molecule has 0 aromatic heterocycles. The van der Waals surface area contributed by atoms with Crippen molar-refractivity contribution in [1.29, 1.82) is 0 Å². The molecule has 0 aliphatic heterocycles. The van der Waals surface area contributed by atoms with Crippen LogP contribution >= 0.6 is 23.4 Å². The van der Waals surface area contributed by atoms with Crippen molar-refractivity contribution in [2.45, 2.75) is 30.6 Å². The second-order valence-electron chi connectivity index (χ2n) is 6.80. The molecule has 0 aliphatic rings. The van der Waals surface area contributed by atoms with Gasteiger partial charge in [-0.25, -0.2) is 5.43 Å². The Labute approximate surface area is 186 Å². The fraction of sp³-hybridized carbons (Fsp3) is 0.167. The predicted molar refractivity (Wildman–Crippen MR) is 124 cm³/mol. The van der Waals surface area contributed by atoms with Crippen LogP contribution in [0, 0.1) is 6.92 Å². The molecule has 0 heterocycles. The number of aryl methyl sites for hydroxylation is 1. The van der Waals surface area contributed by atoms with Gasteiger partial charge in [0.05, 0.1) is 11.5 Å². The van der Waals surface area contributed by atoms with Crippen LogP contribution in [0.4, 0.5) is 0 Å². The minimum Gasteiger partial charge on any atom is -0.489 e. The number of nitrogens with zero attached hydrogens (tertiary/aromatic N) is 1. The monoisotopic (exact) mass is 438 g/mol. The lowest BCUT2D eigenvalue weighted by molar-refractivity contribution is -0.120. The maximum Gasteiger partial charge on any atom is 0.253 e. The molecule has 6 heteroatoms. The summed E-state index contributed by atoms with van der Waals surface area (Å²) in [5.74, 6) is 0.609. The van der Waals surface area contributed by atoms with Crippen molar-refractivity contribution in [3.05, 3.63) is 94.5 Å². The third kappa shape index (κ3) is 6.94. The van der Waals surface area contributed by atoms with Crippen molar-refractivity contribution in [3.63, 3.8) is 0 Å². The molecule has 0 radical (unpaired) electrons. The van der Waals surface area contributed by atoms with Gasteiger partial charge in [-0.2, -0.15) is 5.10 Å². The number of hydrogen-bond donors (Lipinski definition) is 1. The summed E-state index contributed by atoms with van der Waals surface area (Å²) < 4.78 is 5.76. The second kappa shape index (κ2) is 10.9. The van der Waals surface area contributed by atoms with Crippen LogP contribution in [0.5, 0.6) is 5.75 Å². The summed E-state index contributed by atoms with van der Waals surface area (Å²) in [6.45, 7) is 4.35. The van der Waals surface area contributed by atoms with E-state index in [-0.39, 0.29) is 11.2 Å². The van der Waals surface area contributed by atoms with Crippen molar-refractivity contribution in [2.24, 2.45) is 5.10 Å². The van der Waals surface area contributed by atoms with E-state index < -0.39 is 0 Å². The Hall–Kier alpha value is -2.76. The molecule has 0 saturated heterocycles. The highest BCUT2D eigenvalue weighted by molar-refractivity contribution is 8.00. The molecule has 4 nitrogen and oxygen atoms in total. The Bertz CT molecular complexity index is 1000. The molecule has 3 rings (SSSR count). The molecular weight excluding hydrogens is 416 g/mol. The zero-order chi connectivity index (χ0) is 21.3. The standard InChI is InChI=1S/C24H23ClN2O2S/c1-17-6-12-23(13-7-17)30-18(2)24(28)27-26-15-19-8-10-22(11-9-19)29-16-20-4-3-5-21(25)14-20/h3-15,18H,16H2,1-2H3,(H,27,28)/b26-15-/t18-/m1/s1. The average Bonchev–Trinajstić information content (AvgIpc) is 2.75. The zero-order valence-electron chi connectivity index (χ0n) is 16.8. The number of hydrazone groups is 1. The number of carbonyl (C=O) groups excluding carboxylic acids is 1. The van der Waals surface area contributed by atoms with Crippen molar-refractivity contribution < 1.29 is 9.53 Å². The van der Waals surface area contributed by atoms with E-state index in [9.17, 15) is 4.79 Å². The Morgan fingerprint density at radius 2 is 1.87 bits per heavy atom. The first-order valence-corrected chi connectivity index (χ1v) is 10.8. The van der Waals surface area contributed by atoms with Crippen molar-refractivity contribution >= 4 is 35.5 Å². The van der Waals surface area contributed by atoms with Crippen LogP contribution < -0.4 is 10.2 Å². The number of thioether (sulfide) groups is 1. The molecule has 30 heavy (non-hydrogen) atoms. The van der Waals surface area contributed by atoms with Crippen molar-refractivity contribution in [2.75, 3.05) is 0 Å². The Balaban J connectivity index is 1.46. The lowest BCUT2D eigenvalue weighted by Gasteiger charge is -2.09. The molecule has 0 aliphatic carbocycles. The zero-order valence-corrected chi connectivity index (χ0v) is 18.4. The van der Waals surface area contributed by atoms with E-state index in [4.69, 9.17) is 16.3 Å². The van der Waals surface area contributed by atoms with Gasteiger partial charge in [-0.1, -0.05) is 41.4 Å². The van der Waals surface area contributed by atoms with Crippen molar-refractivity contribution in [1.82, 2.24) is 5.43 Å². The predicted octanol–water partition coefficient (Wildman–Crippen LogP) is 5.86. The van der Waals surface area contributed by atoms with E-state index in [1.54, 1.807) is 6.21 Å². The van der Waals surface area contributed by atoms with Gasteiger partial charge in [-0.3, -0.25) is 4.79 Å². The van der Waals surface area contributed by atoms with Crippen LogP contribution in [0.3, 0.4) is 0 Å². The summed E-state index contributed by atoms with van der Waals surface area (Å²) in [5.41, 5.74) is 5.66. The van der Waals surface area contributed by atoms with E-state index in [0.717, 1.165) is 21.8 Å². The van der Waals surface area contributed by atoms with Gasteiger partial charge in [-0.15, -0.1) is 11.8 Å². The molecule has 1 N–H and O–H groups in total. The van der Waals surface area contributed by atoms with Crippen LogP contribution in [0.15, 0.2) is 82.8 Å². The number of benzene rings is 3. The normalized spacial score (nSPS) is 12.0. The highest BCUT2D eigenvalue weighted by Crippen LogP contribution is 2.23. The molecule has 0 bridgehead atoms. The highest BCUT2D eigenvalue weighted by atomic mass is 35.5. The molecule has 0 fully saturated rings. The molecule has 3 aromatic carbocycles. The van der Waals surface area contributed by atoms with Gasteiger partial charge in [0.15, 0.2) is 0 Å². The van der Waals surface area contributed by atoms with E-state index in [2.05, 4.69) is 10.5 Å². The van der Waals surface area contributed by atoms with Crippen LogP contribution in [0.25, 0.3) is 0 Å². The van der Waals surface area contributed by atoms with Gasteiger partial charge >= 0.3 is 0 Å². The minimum absolute atomic E-state index is 0.140. The lowest BCUT2D eigenvalue weighted by Crippen LogP contribution is -2.26. The number of hydrogen-bond acceptors (Lipinski definition) is 4. The quantitative estimate of drug-likeness (QED) is 0.272. The number of halogens is 1. The molecule has 1 atom stereocenters. The second-order valence-corrected chi connectivity index (χ2v) is 8.65. The van der Waals surface area contributed by atoms with Gasteiger partial charge in [0, 0.05) is 9.92 Å². The summed E-state index contributed by atoms with van der Waals surface area (Å²) in [7, 11) is 0. The number of carbonyl (C=O) groups is 1. The first-order valence-electron chi connectivity index (χ1n) is 9.53. The van der Waals surface area contributed by atoms with Crippen LogP contribution in [-0.2, 0) is 11.4 Å². The Morgan fingerprint density at radius 1 is 1.13 bits per heavy atom. The summed E-state index contributed by atoms with van der Waals surface area (Å²) in [6.07, 6.45) is 1.61. The van der Waals surface area contributed by atoms with Gasteiger partial charge in [0.25, 0.3) is 5.91 Å². The topological polar surface area (TPSA) is 50.7 Å². The molecule has 0 spiro atoms. The lowest BCUT2D eigenvalue weighted by atomic mass is 10.2. The van der Waals surface area contributed by atoms with Crippen LogP contribution in [0.1, 0.15) is 23.6 Å². The molecule has 0 unspecified atom stereocenters. The third-order valence-electron chi connectivity index (χ3n) is 4.27. The number of ether oxygens (including phenoxy) is 1. The fourth-order valence-electron chi connectivity index (χ4n) is 2.58. The summed E-state index contributed by atoms with van der Waals surface area (Å²) in [6, 6.07) is 23.2. The largest absolute Gasteiger partial charge is 0.489 e. The first-order chi connectivity index (χ1) is 14.5. The van der Waals surface area contributed by atoms with E-state index in [0.29, 0.717) is 11.6 Å². The Morgan fingerprint density at radius 3 is 2.57 bits per heavy atom. The number of amides is 1. The summed E-state index contributed by atoms with van der Waals surface area (Å²) in [4.78, 5) is 13.3. The maximum atomic E-state index is 12.2. The van der Waals surface area contributed by atoms with Crippen LogP contribution in [0.2, 0.25) is 5.02 Å². The maximum absolute atomic E-state index is 12.2. The smallest absolute Gasteiger partial charge is 0.253 e. The molecular formula is C24H23ClN2O2S. The van der Waals surface area contributed by atoms with E-state index in [1.807, 2.05) is 86.6 Å². The fourth-order valence-corrected chi connectivity index (χ4v) is 3.65. The first kappa shape index (κ1) is 21.9. The minimum atomic E-state index is -0.243. The Kier molecular flexibility index (Phi) is 7.94. The SMILES string of the molecule is Cc1ccc(S[C@H](C)C(=O)N/N=C\c2ccc(OCc3cccc(Cl)c3)cc2)cc1. The van der Waals surface area contributed by atoms with Gasteiger partial charge < -0.3 is 4.74 Å². The average molecular weight is 439 g/mol. The van der Waals surface area contributed by atoms with Crippen LogP contribution in [-0.4, -0.2) is 17.4 Å². The van der Waals surface area contributed by atoms with Crippen molar-refractivity contribution in [3.8, 4) is 5.75 Å². The molecule has 154 valence electrons. The molecule has 1 amide bonds.